The molecular formula is C13H12ClCuN4S2. The minimum atomic E-state index is 0.587. The maximum atomic E-state index is 4.29. The van der Waals surface area contributed by atoms with Crippen LogP contribution in [0.25, 0.3) is 5.43 Å². The normalized spacial score (nSPS) is 9.14. The van der Waals surface area contributed by atoms with E-state index in [-0.39, 0.29) is 0 Å². The Hall–Kier alpha value is -0.981. The van der Waals surface area contributed by atoms with Crippen molar-refractivity contribution in [3.63, 3.8) is 0 Å². The SMILES string of the molecule is CSC(=[SH+])[N-]N=C(c1ccccn1)c1ccccn1.[Cl][Cu]. The van der Waals surface area contributed by atoms with E-state index in [9.17, 15) is 0 Å². The first-order valence-electron chi connectivity index (χ1n) is 5.64. The molecule has 114 valence electrons. The first-order valence-corrected chi connectivity index (χ1v) is 8.61. The number of thiol groups is 1. The number of pyridine rings is 2. The summed E-state index contributed by atoms with van der Waals surface area (Å²) in [5, 5.41) is 4.22. The van der Waals surface area contributed by atoms with Gasteiger partial charge in [-0.1, -0.05) is 23.9 Å². The van der Waals surface area contributed by atoms with E-state index >= 15 is 0 Å². The van der Waals surface area contributed by atoms with E-state index in [0.717, 1.165) is 11.4 Å². The Balaban J connectivity index is 0.00000106. The third-order valence-corrected chi connectivity index (χ3v) is 3.32. The van der Waals surface area contributed by atoms with Gasteiger partial charge in [0.15, 0.2) is 16.5 Å². The first kappa shape index (κ1) is 18.1. The van der Waals surface area contributed by atoms with E-state index in [1.807, 2.05) is 42.7 Å². The third kappa shape index (κ3) is 6.11. The van der Waals surface area contributed by atoms with Gasteiger partial charge in [0.05, 0.1) is 17.1 Å². The second-order valence-corrected chi connectivity index (χ2v) is 4.99. The molecule has 0 atom stereocenters. The van der Waals surface area contributed by atoms with Crippen molar-refractivity contribution >= 4 is 44.1 Å². The monoisotopic (exact) mass is 386 g/mol. The molecule has 0 fully saturated rings. The quantitative estimate of drug-likeness (QED) is 0.203. The van der Waals surface area contributed by atoms with Crippen LogP contribution in [0, 0.1) is 0 Å². The summed E-state index contributed by atoms with van der Waals surface area (Å²) in [6, 6.07) is 11.3. The molecule has 2 aromatic rings. The molecule has 0 aliphatic carbocycles. The van der Waals surface area contributed by atoms with E-state index in [1.165, 1.54) is 11.8 Å². The zero-order valence-electron chi connectivity index (χ0n) is 10.9. The molecule has 2 aromatic heterocycles. The Morgan fingerprint density at radius 1 is 1.14 bits per heavy atom. The van der Waals surface area contributed by atoms with Gasteiger partial charge in [0.25, 0.3) is 0 Å². The van der Waals surface area contributed by atoms with Gasteiger partial charge in [0.1, 0.15) is 0 Å². The van der Waals surface area contributed by atoms with Gasteiger partial charge in [-0.2, -0.15) is 0 Å². The van der Waals surface area contributed by atoms with E-state index in [0.29, 0.717) is 10.0 Å². The standard InChI is InChI=1S/C13H12N4S2.ClH.Cu/c1-19-13(18)17-16-12(10-6-2-4-8-14-10)11-7-3-5-9-15-11;;/h2-9H,1H3,(H,14,15,17,18);1H;/q;;+1/p-1. The summed E-state index contributed by atoms with van der Waals surface area (Å²) in [6.07, 6.45) is 5.32. The van der Waals surface area contributed by atoms with Crippen LogP contribution >= 0.6 is 21.9 Å². The zero-order chi connectivity index (χ0) is 15.5. The second kappa shape index (κ2) is 10.7. The summed E-state index contributed by atoms with van der Waals surface area (Å²) in [4.78, 5) is 8.57. The topological polar surface area (TPSA) is 52.2 Å². The number of nitrogens with zero attached hydrogens (tertiary/aromatic N) is 4. The Morgan fingerprint density at radius 2 is 1.67 bits per heavy atom. The molecule has 2 rings (SSSR count). The predicted octanol–water partition coefficient (Wildman–Crippen LogP) is 3.02. The van der Waals surface area contributed by atoms with Crippen molar-refractivity contribution in [1.29, 1.82) is 0 Å². The van der Waals surface area contributed by atoms with Gasteiger partial charge in [-0.25, -0.2) is 0 Å². The minimum absolute atomic E-state index is 0.587. The van der Waals surface area contributed by atoms with E-state index in [4.69, 9.17) is 0 Å². The molecule has 0 unspecified atom stereocenters. The van der Waals surface area contributed by atoms with E-state index in [2.05, 4.69) is 57.9 Å². The van der Waals surface area contributed by atoms with Crippen molar-refractivity contribution in [1.82, 2.24) is 9.97 Å². The van der Waals surface area contributed by atoms with Crippen molar-refractivity contribution in [2.75, 3.05) is 6.26 Å². The van der Waals surface area contributed by atoms with Gasteiger partial charge in [-0.3, -0.25) is 9.97 Å². The van der Waals surface area contributed by atoms with Gasteiger partial charge < -0.3 is 10.5 Å². The number of halogens is 1. The van der Waals surface area contributed by atoms with E-state index in [1.54, 1.807) is 12.4 Å². The summed E-state index contributed by atoms with van der Waals surface area (Å²) in [7, 11) is 4.20. The fraction of sp³-hybridized carbons (Fsp3) is 0.0769. The van der Waals surface area contributed by atoms with Crippen LogP contribution in [0.3, 0.4) is 0 Å². The molecule has 4 nitrogen and oxygen atoms in total. The van der Waals surface area contributed by atoms with Gasteiger partial charge >= 0.3 is 25.2 Å². The molecule has 21 heavy (non-hydrogen) atoms. The molecule has 0 radical (unpaired) electrons. The van der Waals surface area contributed by atoms with Crippen molar-refractivity contribution in [3.8, 4) is 0 Å². The number of thioether (sulfide) groups is 1. The van der Waals surface area contributed by atoms with Crippen LogP contribution in [0.1, 0.15) is 11.4 Å². The van der Waals surface area contributed by atoms with Crippen LogP contribution in [0.2, 0.25) is 0 Å². The Labute approximate surface area is 145 Å². The zero-order valence-corrected chi connectivity index (χ0v) is 14.4. The molecule has 0 saturated heterocycles. The molecule has 8 heteroatoms. The number of hydrogen-bond donors (Lipinski definition) is 0. The Kier molecular flexibility index (Phi) is 9.21. The maximum absolute atomic E-state index is 4.29. The van der Waals surface area contributed by atoms with E-state index < -0.39 is 0 Å². The molecule has 0 N–H and O–H groups in total. The Bertz CT molecular complexity index is 540. The molecular weight excluding hydrogens is 375 g/mol. The molecule has 0 spiro atoms. The molecule has 0 saturated carbocycles. The van der Waals surface area contributed by atoms with Crippen molar-refractivity contribution in [2.45, 2.75) is 0 Å². The molecule has 0 aliphatic rings. The predicted molar refractivity (Wildman–Crippen MR) is 90.6 cm³/mol. The fourth-order valence-electron chi connectivity index (χ4n) is 1.37. The van der Waals surface area contributed by atoms with Crippen LogP contribution in [0.5, 0.6) is 0 Å². The van der Waals surface area contributed by atoms with Crippen molar-refractivity contribution in [3.05, 3.63) is 65.6 Å². The number of aromatic nitrogens is 2. The van der Waals surface area contributed by atoms with Crippen LogP contribution in [-0.2, 0) is 27.3 Å². The third-order valence-electron chi connectivity index (χ3n) is 2.23. The van der Waals surface area contributed by atoms with Crippen LogP contribution in [0.4, 0.5) is 0 Å². The molecule has 0 bridgehead atoms. The number of hydrogen-bond acceptors (Lipinski definition) is 4. The average molecular weight is 387 g/mol. The molecule has 0 amide bonds. The average Bonchev–Trinajstić information content (AvgIpc) is 2.58. The summed E-state index contributed by atoms with van der Waals surface area (Å²) >= 11 is 9.28. The first-order chi connectivity index (χ1) is 10.3. The van der Waals surface area contributed by atoms with Crippen molar-refractivity contribution in [2.24, 2.45) is 5.10 Å². The summed E-state index contributed by atoms with van der Waals surface area (Å²) in [6.45, 7) is 0. The fourth-order valence-corrected chi connectivity index (χ4v) is 1.54. The Morgan fingerprint density at radius 3 is 2.05 bits per heavy atom. The van der Waals surface area contributed by atoms with Crippen LogP contribution < -0.4 is 0 Å². The van der Waals surface area contributed by atoms with Gasteiger partial charge in [-0.05, 0) is 30.5 Å². The molecule has 0 aromatic carbocycles. The van der Waals surface area contributed by atoms with Gasteiger partial charge in [0, 0.05) is 12.4 Å². The summed E-state index contributed by atoms with van der Waals surface area (Å²) in [5.41, 5.74) is 6.13. The van der Waals surface area contributed by atoms with Gasteiger partial charge in [0.2, 0.25) is 0 Å². The molecule has 2 heterocycles. The number of rotatable bonds is 3. The summed E-state index contributed by atoms with van der Waals surface area (Å²) < 4.78 is 0.587. The molecule has 0 aliphatic heterocycles. The van der Waals surface area contributed by atoms with Crippen molar-refractivity contribution < 1.29 is 15.1 Å². The second-order valence-electron chi connectivity index (χ2n) is 3.47. The van der Waals surface area contributed by atoms with Crippen LogP contribution in [0.15, 0.2) is 53.9 Å². The summed E-state index contributed by atoms with van der Waals surface area (Å²) in [5.74, 6) is 0. The van der Waals surface area contributed by atoms with Gasteiger partial charge in [-0.15, -0.1) is 0 Å². The van der Waals surface area contributed by atoms with Crippen LogP contribution in [-0.4, -0.2) is 26.3 Å².